The first kappa shape index (κ1) is 13.6. The zero-order valence-corrected chi connectivity index (χ0v) is 11.4. The summed E-state index contributed by atoms with van der Waals surface area (Å²) in [7, 11) is 3.09. The standard InChI is InChI=1S/C14H20N2O3/c1-16(10-6-11-5-3-9-15-11)12(17)14(7-4-8-14)13(18)19-2/h3,5,9,15H,4,6-8,10H2,1-2H3. The minimum Gasteiger partial charge on any atom is -0.468 e. The van der Waals surface area contributed by atoms with Crippen molar-refractivity contribution < 1.29 is 14.3 Å². The van der Waals surface area contributed by atoms with E-state index in [2.05, 4.69) is 4.98 Å². The number of ether oxygens (including phenoxy) is 1. The highest BCUT2D eigenvalue weighted by atomic mass is 16.5. The van der Waals surface area contributed by atoms with E-state index in [9.17, 15) is 9.59 Å². The van der Waals surface area contributed by atoms with Gasteiger partial charge in [-0.1, -0.05) is 6.42 Å². The molecule has 1 saturated carbocycles. The van der Waals surface area contributed by atoms with Crippen LogP contribution in [-0.2, 0) is 20.7 Å². The molecular formula is C14H20N2O3. The number of nitrogens with zero attached hydrogens (tertiary/aromatic N) is 1. The molecule has 5 heteroatoms. The number of hydrogen-bond donors (Lipinski definition) is 1. The molecule has 0 radical (unpaired) electrons. The molecule has 0 unspecified atom stereocenters. The first-order chi connectivity index (χ1) is 9.10. The average Bonchev–Trinajstić information content (AvgIpc) is 2.87. The third kappa shape index (κ3) is 2.50. The molecule has 1 aromatic heterocycles. The van der Waals surface area contributed by atoms with E-state index in [1.807, 2.05) is 18.3 Å². The molecule has 1 amide bonds. The van der Waals surface area contributed by atoms with Gasteiger partial charge in [-0.15, -0.1) is 0 Å². The van der Waals surface area contributed by atoms with Crippen LogP contribution in [0, 0.1) is 5.41 Å². The van der Waals surface area contributed by atoms with Crippen LogP contribution in [0.15, 0.2) is 18.3 Å². The fourth-order valence-electron chi connectivity index (χ4n) is 2.51. The van der Waals surface area contributed by atoms with Crippen LogP contribution in [0.2, 0.25) is 0 Å². The largest absolute Gasteiger partial charge is 0.468 e. The van der Waals surface area contributed by atoms with E-state index in [1.165, 1.54) is 7.11 Å². The van der Waals surface area contributed by atoms with Gasteiger partial charge in [0.1, 0.15) is 5.41 Å². The number of rotatable bonds is 5. The van der Waals surface area contributed by atoms with Gasteiger partial charge in [-0.3, -0.25) is 9.59 Å². The Bertz CT molecular complexity index is 449. The Kier molecular flexibility index (Phi) is 3.93. The molecule has 1 N–H and O–H groups in total. The van der Waals surface area contributed by atoms with E-state index < -0.39 is 11.4 Å². The molecule has 0 spiro atoms. The molecule has 104 valence electrons. The average molecular weight is 264 g/mol. The van der Waals surface area contributed by atoms with E-state index in [0.29, 0.717) is 19.4 Å². The maximum atomic E-state index is 12.4. The molecule has 1 fully saturated rings. The molecule has 1 aromatic rings. The second-order valence-electron chi connectivity index (χ2n) is 5.10. The Hall–Kier alpha value is -1.78. The van der Waals surface area contributed by atoms with Gasteiger partial charge in [0.05, 0.1) is 7.11 Å². The number of carbonyl (C=O) groups excluding carboxylic acids is 2. The van der Waals surface area contributed by atoms with E-state index in [-0.39, 0.29) is 5.91 Å². The highest BCUT2D eigenvalue weighted by molar-refractivity contribution is 6.03. The maximum Gasteiger partial charge on any atom is 0.321 e. The quantitative estimate of drug-likeness (QED) is 0.645. The lowest BCUT2D eigenvalue weighted by atomic mass is 9.67. The number of nitrogens with one attached hydrogen (secondary N) is 1. The second-order valence-corrected chi connectivity index (χ2v) is 5.10. The molecule has 0 saturated heterocycles. The number of aromatic nitrogens is 1. The van der Waals surface area contributed by atoms with Crippen molar-refractivity contribution in [2.45, 2.75) is 25.7 Å². The zero-order valence-electron chi connectivity index (χ0n) is 11.4. The number of amides is 1. The van der Waals surface area contributed by atoms with Crippen molar-refractivity contribution in [1.82, 2.24) is 9.88 Å². The maximum absolute atomic E-state index is 12.4. The lowest BCUT2D eigenvalue weighted by molar-refractivity contribution is -0.169. The number of carbonyl (C=O) groups is 2. The lowest BCUT2D eigenvalue weighted by Gasteiger charge is -2.39. The highest BCUT2D eigenvalue weighted by Gasteiger charge is 2.53. The van der Waals surface area contributed by atoms with Gasteiger partial charge in [0.15, 0.2) is 0 Å². The predicted molar refractivity (Wildman–Crippen MR) is 70.4 cm³/mol. The Morgan fingerprint density at radius 3 is 2.68 bits per heavy atom. The molecule has 0 aliphatic heterocycles. The van der Waals surface area contributed by atoms with Gasteiger partial charge in [-0.2, -0.15) is 0 Å². The van der Waals surface area contributed by atoms with E-state index in [4.69, 9.17) is 4.74 Å². The third-order valence-electron chi connectivity index (χ3n) is 3.92. The summed E-state index contributed by atoms with van der Waals surface area (Å²) in [6.45, 7) is 0.595. The Morgan fingerprint density at radius 2 is 2.21 bits per heavy atom. The number of hydrogen-bond acceptors (Lipinski definition) is 3. The van der Waals surface area contributed by atoms with Crippen molar-refractivity contribution in [2.24, 2.45) is 5.41 Å². The lowest BCUT2D eigenvalue weighted by Crippen LogP contribution is -2.52. The number of H-pyrrole nitrogens is 1. The van der Waals surface area contributed by atoms with Gasteiger partial charge in [0, 0.05) is 31.9 Å². The molecule has 1 aliphatic carbocycles. The fourth-order valence-corrected chi connectivity index (χ4v) is 2.51. The number of aromatic amines is 1. The minimum atomic E-state index is -0.917. The molecule has 0 atom stereocenters. The van der Waals surface area contributed by atoms with Gasteiger partial charge < -0.3 is 14.6 Å². The zero-order chi connectivity index (χ0) is 13.9. The number of esters is 1. The first-order valence-corrected chi connectivity index (χ1v) is 6.56. The monoisotopic (exact) mass is 264 g/mol. The first-order valence-electron chi connectivity index (χ1n) is 6.56. The Balaban J connectivity index is 1.96. The van der Waals surface area contributed by atoms with Gasteiger partial charge in [-0.05, 0) is 25.0 Å². The van der Waals surface area contributed by atoms with Crippen molar-refractivity contribution >= 4 is 11.9 Å². The third-order valence-corrected chi connectivity index (χ3v) is 3.92. The van der Waals surface area contributed by atoms with Gasteiger partial charge in [-0.25, -0.2) is 0 Å². The van der Waals surface area contributed by atoms with E-state index in [1.54, 1.807) is 11.9 Å². The molecular weight excluding hydrogens is 244 g/mol. The van der Waals surface area contributed by atoms with E-state index in [0.717, 1.165) is 18.5 Å². The van der Waals surface area contributed by atoms with Crippen molar-refractivity contribution in [3.8, 4) is 0 Å². The molecule has 1 heterocycles. The van der Waals surface area contributed by atoms with Crippen LogP contribution < -0.4 is 0 Å². The Morgan fingerprint density at radius 1 is 1.47 bits per heavy atom. The number of likely N-dealkylation sites (N-methyl/N-ethyl adjacent to an activating group) is 1. The smallest absolute Gasteiger partial charge is 0.321 e. The fraction of sp³-hybridized carbons (Fsp3) is 0.571. The van der Waals surface area contributed by atoms with Crippen LogP contribution in [-0.4, -0.2) is 42.5 Å². The van der Waals surface area contributed by atoms with Gasteiger partial charge in [0.25, 0.3) is 0 Å². The number of methoxy groups -OCH3 is 1. The summed E-state index contributed by atoms with van der Waals surface area (Å²) in [5, 5.41) is 0. The van der Waals surface area contributed by atoms with Crippen LogP contribution in [0.4, 0.5) is 0 Å². The van der Waals surface area contributed by atoms with Gasteiger partial charge >= 0.3 is 5.97 Å². The Labute approximate surface area is 112 Å². The van der Waals surface area contributed by atoms with Crippen LogP contribution in [0.1, 0.15) is 25.0 Å². The molecule has 0 aromatic carbocycles. The van der Waals surface area contributed by atoms with Crippen molar-refractivity contribution in [3.05, 3.63) is 24.0 Å². The van der Waals surface area contributed by atoms with Crippen LogP contribution >= 0.6 is 0 Å². The molecule has 2 rings (SSSR count). The summed E-state index contributed by atoms with van der Waals surface area (Å²) >= 11 is 0. The summed E-state index contributed by atoms with van der Waals surface area (Å²) in [5.74, 6) is -0.507. The van der Waals surface area contributed by atoms with Crippen LogP contribution in [0.5, 0.6) is 0 Å². The van der Waals surface area contributed by atoms with E-state index >= 15 is 0 Å². The van der Waals surface area contributed by atoms with Gasteiger partial charge in [0.2, 0.25) is 5.91 Å². The van der Waals surface area contributed by atoms with Crippen molar-refractivity contribution in [2.75, 3.05) is 20.7 Å². The highest BCUT2D eigenvalue weighted by Crippen LogP contribution is 2.43. The topological polar surface area (TPSA) is 62.4 Å². The van der Waals surface area contributed by atoms with Crippen LogP contribution in [0.25, 0.3) is 0 Å². The SMILES string of the molecule is COC(=O)C1(C(=O)N(C)CCc2ccc[nH]2)CCC1. The van der Waals surface area contributed by atoms with Crippen LogP contribution in [0.3, 0.4) is 0 Å². The molecule has 19 heavy (non-hydrogen) atoms. The summed E-state index contributed by atoms with van der Waals surface area (Å²) < 4.78 is 4.79. The van der Waals surface area contributed by atoms with Crippen molar-refractivity contribution in [1.29, 1.82) is 0 Å². The molecule has 5 nitrogen and oxygen atoms in total. The predicted octanol–water partition coefficient (Wildman–Crippen LogP) is 1.36. The molecule has 0 bridgehead atoms. The summed E-state index contributed by atoms with van der Waals surface area (Å²) in [6.07, 6.45) is 4.73. The summed E-state index contributed by atoms with van der Waals surface area (Å²) in [4.78, 5) is 29.0. The summed E-state index contributed by atoms with van der Waals surface area (Å²) in [5.41, 5.74) is 0.166. The molecule has 1 aliphatic rings. The second kappa shape index (κ2) is 5.47. The normalized spacial score (nSPS) is 16.5. The summed E-state index contributed by atoms with van der Waals surface area (Å²) in [6, 6.07) is 3.91. The van der Waals surface area contributed by atoms with Crippen molar-refractivity contribution in [3.63, 3.8) is 0 Å². The minimum absolute atomic E-state index is 0.114.